The maximum Gasteiger partial charge on any atom is 0.245 e. The van der Waals surface area contributed by atoms with Crippen molar-refractivity contribution in [3.63, 3.8) is 0 Å². The molecular formula is C30H27N2+. The highest BCUT2D eigenvalue weighted by Gasteiger charge is 2.47. The second-order valence-electron chi connectivity index (χ2n) is 9.50. The van der Waals surface area contributed by atoms with Gasteiger partial charge in [-0.2, -0.15) is 4.57 Å². The number of aromatic nitrogens is 2. The molecule has 1 aliphatic heterocycles. The molecule has 6 rings (SSSR count). The van der Waals surface area contributed by atoms with Crippen molar-refractivity contribution >= 4 is 5.70 Å². The van der Waals surface area contributed by atoms with Crippen LogP contribution in [0.1, 0.15) is 39.3 Å². The van der Waals surface area contributed by atoms with Gasteiger partial charge in [0.05, 0.1) is 11.5 Å². The van der Waals surface area contributed by atoms with Crippen LogP contribution in [0, 0.1) is 34.6 Å². The SMILES string of the molecule is Cc1cc(C)cc(-c2nc(-c3ccccc3C)c[n+]3c2-c2cc(C)cc(C)c2C2C=C23)c1. The molecule has 0 amide bonds. The minimum absolute atomic E-state index is 0.419. The average Bonchev–Trinajstić information content (AvgIpc) is 3.53. The van der Waals surface area contributed by atoms with E-state index in [2.05, 4.69) is 106 Å². The molecule has 1 aliphatic carbocycles. The van der Waals surface area contributed by atoms with Crippen molar-refractivity contribution in [2.45, 2.75) is 40.5 Å². The summed E-state index contributed by atoms with van der Waals surface area (Å²) < 4.78 is 2.41. The van der Waals surface area contributed by atoms with Crippen LogP contribution >= 0.6 is 0 Å². The maximum atomic E-state index is 5.33. The predicted octanol–water partition coefficient (Wildman–Crippen LogP) is 6.86. The second kappa shape index (κ2) is 6.74. The van der Waals surface area contributed by atoms with E-state index in [1.807, 2.05) is 0 Å². The lowest BCUT2D eigenvalue weighted by Crippen LogP contribution is -2.36. The van der Waals surface area contributed by atoms with E-state index in [1.165, 1.54) is 61.5 Å². The van der Waals surface area contributed by atoms with Crippen LogP contribution in [0.15, 0.2) is 66.9 Å². The van der Waals surface area contributed by atoms with Crippen LogP contribution in [0.2, 0.25) is 0 Å². The molecule has 0 saturated heterocycles. The van der Waals surface area contributed by atoms with E-state index >= 15 is 0 Å². The van der Waals surface area contributed by atoms with Gasteiger partial charge in [0.25, 0.3) is 0 Å². The summed E-state index contributed by atoms with van der Waals surface area (Å²) in [7, 11) is 0. The first-order valence-electron chi connectivity index (χ1n) is 11.4. The number of rotatable bonds is 2. The summed E-state index contributed by atoms with van der Waals surface area (Å²) in [5.41, 5.74) is 16.3. The van der Waals surface area contributed by atoms with Crippen molar-refractivity contribution in [1.29, 1.82) is 0 Å². The van der Waals surface area contributed by atoms with Gasteiger partial charge >= 0.3 is 0 Å². The van der Waals surface area contributed by atoms with Gasteiger partial charge in [0.15, 0.2) is 5.70 Å². The van der Waals surface area contributed by atoms with Crippen LogP contribution in [-0.4, -0.2) is 4.98 Å². The zero-order chi connectivity index (χ0) is 22.1. The van der Waals surface area contributed by atoms with Crippen molar-refractivity contribution in [3.8, 4) is 33.8 Å². The average molecular weight is 416 g/mol. The first kappa shape index (κ1) is 19.2. The van der Waals surface area contributed by atoms with Crippen LogP contribution in [0.5, 0.6) is 0 Å². The summed E-state index contributed by atoms with van der Waals surface area (Å²) in [6.07, 6.45) is 4.64. The van der Waals surface area contributed by atoms with Crippen LogP contribution in [-0.2, 0) is 0 Å². The van der Waals surface area contributed by atoms with E-state index in [1.54, 1.807) is 0 Å². The topological polar surface area (TPSA) is 16.8 Å². The van der Waals surface area contributed by atoms with Gasteiger partial charge in [-0.05, 0) is 69.5 Å². The molecule has 1 unspecified atom stereocenters. The highest BCUT2D eigenvalue weighted by molar-refractivity contribution is 5.88. The van der Waals surface area contributed by atoms with Crippen molar-refractivity contribution < 1.29 is 4.57 Å². The van der Waals surface area contributed by atoms with E-state index in [4.69, 9.17) is 4.98 Å². The molecule has 1 aromatic heterocycles. The van der Waals surface area contributed by atoms with E-state index in [0.717, 1.165) is 11.4 Å². The van der Waals surface area contributed by atoms with E-state index in [0.29, 0.717) is 5.92 Å². The summed E-state index contributed by atoms with van der Waals surface area (Å²) in [6, 6.07) is 20.0. The molecular weight excluding hydrogens is 388 g/mol. The molecule has 2 heteroatoms. The quantitative estimate of drug-likeness (QED) is 0.327. The fourth-order valence-corrected chi connectivity index (χ4v) is 5.44. The standard InChI is InChI=1S/C30H27N2/c1-17-10-18(2)13-22(12-17)29-30-25-14-19(3)11-21(5)28(25)24-15-27(24)32(30)16-26(31-29)23-9-7-6-8-20(23)4/h6-16,24H,1-5H3/q+1. The van der Waals surface area contributed by atoms with Gasteiger partial charge in [-0.1, -0.05) is 53.1 Å². The number of fused-ring (bicyclic) bond motifs is 6. The molecule has 0 radical (unpaired) electrons. The summed E-state index contributed by atoms with van der Waals surface area (Å²) in [5, 5.41) is 0. The zero-order valence-electron chi connectivity index (χ0n) is 19.3. The summed E-state index contributed by atoms with van der Waals surface area (Å²) >= 11 is 0. The number of nitrogens with zero attached hydrogens (tertiary/aromatic N) is 2. The molecule has 0 saturated carbocycles. The molecule has 0 fully saturated rings. The largest absolute Gasteiger partial charge is 0.245 e. The molecule has 0 spiro atoms. The Morgan fingerprint density at radius 2 is 1.47 bits per heavy atom. The molecule has 32 heavy (non-hydrogen) atoms. The third-order valence-corrected chi connectivity index (χ3v) is 6.79. The highest BCUT2D eigenvalue weighted by atomic mass is 15.1. The van der Waals surface area contributed by atoms with Gasteiger partial charge in [0.2, 0.25) is 11.9 Å². The Morgan fingerprint density at radius 3 is 2.22 bits per heavy atom. The van der Waals surface area contributed by atoms with Gasteiger partial charge in [0, 0.05) is 17.2 Å². The third kappa shape index (κ3) is 2.86. The Balaban J connectivity index is 1.73. The van der Waals surface area contributed by atoms with Gasteiger partial charge in [0.1, 0.15) is 11.4 Å². The number of hydrogen-bond donors (Lipinski definition) is 0. The molecule has 2 nitrogen and oxygen atoms in total. The Hall–Kier alpha value is -3.52. The second-order valence-corrected chi connectivity index (χ2v) is 9.50. The lowest BCUT2D eigenvalue weighted by molar-refractivity contribution is -0.567. The molecule has 2 heterocycles. The highest BCUT2D eigenvalue weighted by Crippen LogP contribution is 2.51. The number of aryl methyl sites for hydroxylation is 5. The summed E-state index contributed by atoms with van der Waals surface area (Å²) in [6.45, 7) is 10.9. The first-order valence-corrected chi connectivity index (χ1v) is 11.4. The van der Waals surface area contributed by atoms with E-state index in [-0.39, 0.29) is 0 Å². The van der Waals surface area contributed by atoms with Crippen molar-refractivity contribution in [2.75, 3.05) is 0 Å². The Labute approximate surface area is 189 Å². The summed E-state index contributed by atoms with van der Waals surface area (Å²) in [5.74, 6) is 0.419. The van der Waals surface area contributed by atoms with Crippen molar-refractivity contribution in [3.05, 3.63) is 100 Å². The zero-order valence-corrected chi connectivity index (χ0v) is 19.3. The van der Waals surface area contributed by atoms with E-state index < -0.39 is 0 Å². The van der Waals surface area contributed by atoms with Gasteiger partial charge in [-0.25, -0.2) is 4.98 Å². The van der Waals surface area contributed by atoms with Crippen LogP contribution in [0.4, 0.5) is 0 Å². The van der Waals surface area contributed by atoms with Gasteiger partial charge in [-0.3, -0.25) is 0 Å². The first-order chi connectivity index (χ1) is 15.4. The fourth-order valence-electron chi connectivity index (χ4n) is 5.44. The normalized spacial score (nSPS) is 15.5. The Bertz CT molecular complexity index is 1450. The van der Waals surface area contributed by atoms with Crippen LogP contribution in [0.3, 0.4) is 0 Å². The predicted molar refractivity (Wildman–Crippen MR) is 131 cm³/mol. The maximum absolute atomic E-state index is 5.33. The smallest absolute Gasteiger partial charge is 0.234 e. The van der Waals surface area contributed by atoms with Crippen molar-refractivity contribution in [2.24, 2.45) is 0 Å². The molecule has 0 N–H and O–H groups in total. The van der Waals surface area contributed by atoms with Gasteiger partial charge in [-0.15, -0.1) is 0 Å². The molecule has 1 atom stereocenters. The minimum Gasteiger partial charge on any atom is -0.234 e. The molecule has 4 aromatic rings. The summed E-state index contributed by atoms with van der Waals surface area (Å²) in [4.78, 5) is 5.33. The number of hydrogen-bond acceptors (Lipinski definition) is 1. The fraction of sp³-hybridized carbons (Fsp3) is 0.200. The minimum atomic E-state index is 0.419. The van der Waals surface area contributed by atoms with Crippen molar-refractivity contribution in [1.82, 2.24) is 4.98 Å². The monoisotopic (exact) mass is 415 g/mol. The molecule has 2 aliphatic rings. The number of benzene rings is 3. The van der Waals surface area contributed by atoms with Crippen LogP contribution < -0.4 is 4.57 Å². The molecule has 3 aromatic carbocycles. The number of allylic oxidation sites excluding steroid dienone is 2. The third-order valence-electron chi connectivity index (χ3n) is 6.79. The molecule has 0 bridgehead atoms. The Morgan fingerprint density at radius 1 is 0.750 bits per heavy atom. The van der Waals surface area contributed by atoms with E-state index in [9.17, 15) is 0 Å². The van der Waals surface area contributed by atoms with Gasteiger partial charge < -0.3 is 0 Å². The molecule has 156 valence electrons. The lowest BCUT2D eigenvalue weighted by atomic mass is 9.87. The van der Waals surface area contributed by atoms with Crippen LogP contribution in [0.25, 0.3) is 39.5 Å². The lowest BCUT2D eigenvalue weighted by Gasteiger charge is -2.20. The Kier molecular flexibility index (Phi) is 4.04.